The Morgan fingerprint density at radius 2 is 1.95 bits per heavy atom. The van der Waals surface area contributed by atoms with Crippen molar-refractivity contribution >= 4 is 39.8 Å². The van der Waals surface area contributed by atoms with Gasteiger partial charge in [0.2, 0.25) is 0 Å². The summed E-state index contributed by atoms with van der Waals surface area (Å²) in [6.45, 7) is 3.54. The Labute approximate surface area is 129 Å². The summed E-state index contributed by atoms with van der Waals surface area (Å²) in [4.78, 5) is 24.5. The van der Waals surface area contributed by atoms with E-state index in [-0.39, 0.29) is 16.1 Å². The standard InChI is InChI=1S/C14H12ClFN2O2S/c1-6-7(2)21-14(10(6)12(17)19)18-13(20)11-8(15)4-3-5-9(11)16/h3-5H,1-2H3,(H2,17,19)(H,18,20). The Hall–Kier alpha value is -1.92. The third kappa shape index (κ3) is 2.91. The highest BCUT2D eigenvalue weighted by atomic mass is 35.5. The molecule has 1 aromatic carbocycles. The summed E-state index contributed by atoms with van der Waals surface area (Å²) >= 11 is 7.05. The lowest BCUT2D eigenvalue weighted by Gasteiger charge is -2.07. The molecule has 0 atom stereocenters. The van der Waals surface area contributed by atoms with Crippen molar-refractivity contribution in [2.24, 2.45) is 5.73 Å². The number of benzene rings is 1. The molecule has 0 spiro atoms. The number of anilines is 1. The smallest absolute Gasteiger partial charge is 0.260 e. The molecule has 7 heteroatoms. The van der Waals surface area contributed by atoms with Crippen LogP contribution in [0.3, 0.4) is 0 Å². The van der Waals surface area contributed by atoms with Crippen LogP contribution >= 0.6 is 22.9 Å². The van der Waals surface area contributed by atoms with Gasteiger partial charge in [0.15, 0.2) is 0 Å². The molecule has 0 saturated carbocycles. The number of hydrogen-bond acceptors (Lipinski definition) is 3. The lowest BCUT2D eigenvalue weighted by Crippen LogP contribution is -2.18. The third-order valence-electron chi connectivity index (χ3n) is 3.05. The normalized spacial score (nSPS) is 10.5. The van der Waals surface area contributed by atoms with Crippen molar-refractivity contribution in [1.82, 2.24) is 0 Å². The predicted molar refractivity (Wildman–Crippen MR) is 81.7 cm³/mol. The highest BCUT2D eigenvalue weighted by Gasteiger charge is 2.22. The number of nitrogens with one attached hydrogen (secondary N) is 1. The monoisotopic (exact) mass is 326 g/mol. The van der Waals surface area contributed by atoms with Gasteiger partial charge in [-0.1, -0.05) is 17.7 Å². The maximum Gasteiger partial charge on any atom is 0.260 e. The number of amides is 2. The Morgan fingerprint density at radius 1 is 1.29 bits per heavy atom. The van der Waals surface area contributed by atoms with E-state index in [9.17, 15) is 14.0 Å². The van der Waals surface area contributed by atoms with Gasteiger partial charge in [-0.3, -0.25) is 9.59 Å². The summed E-state index contributed by atoms with van der Waals surface area (Å²) in [7, 11) is 0. The highest BCUT2D eigenvalue weighted by Crippen LogP contribution is 2.33. The molecule has 2 aromatic rings. The molecule has 0 aliphatic carbocycles. The van der Waals surface area contributed by atoms with Gasteiger partial charge in [-0.25, -0.2) is 4.39 Å². The zero-order chi connectivity index (χ0) is 15.7. The molecule has 1 heterocycles. The predicted octanol–water partition coefficient (Wildman–Crippen LogP) is 3.51. The number of primary amides is 1. The zero-order valence-electron chi connectivity index (χ0n) is 11.3. The number of carbonyl (C=O) groups is 2. The Kier molecular flexibility index (Phi) is 4.29. The van der Waals surface area contributed by atoms with E-state index >= 15 is 0 Å². The number of rotatable bonds is 3. The average molecular weight is 327 g/mol. The lowest BCUT2D eigenvalue weighted by molar-refractivity contribution is 0.100. The van der Waals surface area contributed by atoms with Crippen LogP contribution in [0.2, 0.25) is 5.02 Å². The molecule has 110 valence electrons. The Bertz CT molecular complexity index is 723. The molecule has 1 aromatic heterocycles. The van der Waals surface area contributed by atoms with Crippen molar-refractivity contribution in [3.05, 3.63) is 50.6 Å². The number of hydrogen-bond donors (Lipinski definition) is 2. The summed E-state index contributed by atoms with van der Waals surface area (Å²) in [5, 5.41) is 2.80. The van der Waals surface area contributed by atoms with Gasteiger partial charge >= 0.3 is 0 Å². The van der Waals surface area contributed by atoms with E-state index in [2.05, 4.69) is 5.32 Å². The number of carbonyl (C=O) groups excluding carboxylic acids is 2. The molecule has 0 fully saturated rings. The highest BCUT2D eigenvalue weighted by molar-refractivity contribution is 7.16. The topological polar surface area (TPSA) is 72.2 Å². The molecule has 0 radical (unpaired) electrons. The van der Waals surface area contributed by atoms with Crippen molar-refractivity contribution in [3.63, 3.8) is 0 Å². The first kappa shape index (κ1) is 15.5. The van der Waals surface area contributed by atoms with E-state index in [1.54, 1.807) is 13.8 Å². The van der Waals surface area contributed by atoms with Crippen LogP contribution < -0.4 is 11.1 Å². The van der Waals surface area contributed by atoms with Gasteiger partial charge in [-0.15, -0.1) is 11.3 Å². The van der Waals surface area contributed by atoms with Gasteiger partial charge in [0, 0.05) is 4.88 Å². The van der Waals surface area contributed by atoms with Crippen molar-refractivity contribution in [1.29, 1.82) is 0 Å². The first-order chi connectivity index (χ1) is 9.82. The van der Waals surface area contributed by atoms with Crippen LogP contribution in [-0.2, 0) is 0 Å². The molecular weight excluding hydrogens is 315 g/mol. The van der Waals surface area contributed by atoms with E-state index in [1.807, 2.05) is 0 Å². The van der Waals surface area contributed by atoms with Crippen LogP contribution in [0.1, 0.15) is 31.2 Å². The van der Waals surface area contributed by atoms with Crippen molar-refractivity contribution in [3.8, 4) is 0 Å². The quantitative estimate of drug-likeness (QED) is 0.906. The number of thiophene rings is 1. The second-order valence-corrected chi connectivity index (χ2v) is 6.03. The summed E-state index contributed by atoms with van der Waals surface area (Å²) in [5.74, 6) is -2.10. The van der Waals surface area contributed by atoms with E-state index in [1.165, 1.54) is 23.5 Å². The summed E-state index contributed by atoms with van der Waals surface area (Å²) in [6.07, 6.45) is 0. The minimum atomic E-state index is -0.731. The minimum absolute atomic E-state index is 0.00174. The molecule has 2 amide bonds. The van der Waals surface area contributed by atoms with Crippen molar-refractivity contribution < 1.29 is 14.0 Å². The van der Waals surface area contributed by atoms with Crippen LogP contribution in [0.25, 0.3) is 0 Å². The Balaban J connectivity index is 2.41. The molecule has 4 nitrogen and oxygen atoms in total. The fraction of sp³-hybridized carbons (Fsp3) is 0.143. The van der Waals surface area contributed by atoms with E-state index < -0.39 is 17.6 Å². The maximum atomic E-state index is 13.7. The second kappa shape index (κ2) is 5.83. The van der Waals surface area contributed by atoms with Crippen LogP contribution in [0.5, 0.6) is 0 Å². The van der Waals surface area contributed by atoms with Gasteiger partial charge in [0.05, 0.1) is 16.1 Å². The third-order valence-corrected chi connectivity index (χ3v) is 4.49. The summed E-state index contributed by atoms with van der Waals surface area (Å²) in [5.41, 5.74) is 5.99. The van der Waals surface area contributed by atoms with Crippen molar-refractivity contribution in [2.45, 2.75) is 13.8 Å². The molecule has 2 rings (SSSR count). The first-order valence-corrected chi connectivity index (χ1v) is 7.17. The van der Waals surface area contributed by atoms with Crippen molar-refractivity contribution in [2.75, 3.05) is 5.32 Å². The molecular formula is C14H12ClFN2O2S. The molecule has 0 aliphatic rings. The van der Waals surface area contributed by atoms with Gasteiger partial charge in [0.1, 0.15) is 10.8 Å². The lowest BCUT2D eigenvalue weighted by atomic mass is 10.1. The number of halogens is 2. The van der Waals surface area contributed by atoms with Crippen LogP contribution in [0.4, 0.5) is 9.39 Å². The number of aryl methyl sites for hydroxylation is 1. The second-order valence-electron chi connectivity index (χ2n) is 4.40. The van der Waals surface area contributed by atoms with E-state index in [4.69, 9.17) is 17.3 Å². The van der Waals surface area contributed by atoms with Crippen LogP contribution in [-0.4, -0.2) is 11.8 Å². The molecule has 0 unspecified atom stereocenters. The first-order valence-electron chi connectivity index (χ1n) is 5.98. The van der Waals surface area contributed by atoms with Gasteiger partial charge in [-0.05, 0) is 31.5 Å². The fourth-order valence-electron chi connectivity index (χ4n) is 1.89. The van der Waals surface area contributed by atoms with Crippen LogP contribution in [0.15, 0.2) is 18.2 Å². The van der Waals surface area contributed by atoms with Crippen LogP contribution in [0, 0.1) is 19.7 Å². The summed E-state index contributed by atoms with van der Waals surface area (Å²) in [6, 6.07) is 3.96. The average Bonchev–Trinajstić information content (AvgIpc) is 2.64. The van der Waals surface area contributed by atoms with E-state index in [0.717, 1.165) is 10.9 Å². The molecule has 0 saturated heterocycles. The largest absolute Gasteiger partial charge is 0.365 e. The van der Waals surface area contributed by atoms with Gasteiger partial charge < -0.3 is 11.1 Å². The minimum Gasteiger partial charge on any atom is -0.365 e. The molecule has 0 aliphatic heterocycles. The molecule has 21 heavy (non-hydrogen) atoms. The zero-order valence-corrected chi connectivity index (χ0v) is 12.9. The Morgan fingerprint density at radius 3 is 2.52 bits per heavy atom. The molecule has 3 N–H and O–H groups in total. The summed E-state index contributed by atoms with van der Waals surface area (Å²) < 4.78 is 13.7. The van der Waals surface area contributed by atoms with Gasteiger partial charge in [0.25, 0.3) is 11.8 Å². The van der Waals surface area contributed by atoms with Gasteiger partial charge in [-0.2, -0.15) is 0 Å². The maximum absolute atomic E-state index is 13.7. The molecule has 0 bridgehead atoms. The van der Waals surface area contributed by atoms with E-state index in [0.29, 0.717) is 10.6 Å². The SMILES string of the molecule is Cc1sc(NC(=O)c2c(F)cccc2Cl)c(C(N)=O)c1C. The fourth-order valence-corrected chi connectivity index (χ4v) is 3.20. The number of nitrogens with two attached hydrogens (primary N) is 1.